The summed E-state index contributed by atoms with van der Waals surface area (Å²) in [6, 6.07) is 0.630. The quantitative estimate of drug-likeness (QED) is 0.207. The Hall–Kier alpha value is 5.21. The normalized spacial score (nSPS) is 11.9. The second-order valence-electron chi connectivity index (χ2n) is 6.19. The number of benzene rings is 2. The van der Waals surface area contributed by atoms with Crippen molar-refractivity contribution in [2.24, 2.45) is 0 Å². The van der Waals surface area contributed by atoms with Gasteiger partial charge in [-0.2, -0.15) is 0 Å². The van der Waals surface area contributed by atoms with Crippen LogP contribution in [0.4, 0.5) is 0 Å². The van der Waals surface area contributed by atoms with Crippen molar-refractivity contribution in [1.82, 2.24) is 0 Å². The summed E-state index contributed by atoms with van der Waals surface area (Å²) in [6.45, 7) is 1.69. The van der Waals surface area contributed by atoms with Crippen LogP contribution in [0.15, 0.2) is 31.7 Å². The van der Waals surface area contributed by atoms with E-state index in [0.29, 0.717) is 12.1 Å². The van der Waals surface area contributed by atoms with Gasteiger partial charge in [-0.15, -0.1) is 0 Å². The maximum Gasteiger partial charge on any atom is 1.00 e. The zero-order valence-corrected chi connectivity index (χ0v) is 36.7. The largest absolute Gasteiger partial charge is 1.00 e. The van der Waals surface area contributed by atoms with Gasteiger partial charge in [-0.25, -0.2) is 33.7 Å². The molecule has 0 aliphatic carbocycles. The van der Waals surface area contributed by atoms with Crippen LogP contribution in [0.5, 0.6) is 0 Å². The molecule has 0 bridgehead atoms. The standard InChI is InChI=1S/C14H12Cl2O12S4.4K/c1-5-7(15)3-9(29(17,18)19)11(13(5)31(23,24)25)12-10(30(20,21)22)4-8(16)6(2)14(12)32(26,27)28;;;;/h3-4H,1-2H3,(H,17,18,19)(H,20,21,22)(H,23,24,25)(H,26,27,28);;;;/q;4*+1/p-4. The molecule has 178 valence electrons. The van der Waals surface area contributed by atoms with Crippen LogP contribution in [-0.2, 0) is 40.5 Å². The summed E-state index contributed by atoms with van der Waals surface area (Å²) in [4.78, 5) is -6.59. The van der Waals surface area contributed by atoms with E-state index in [1.165, 1.54) is 0 Å². The van der Waals surface area contributed by atoms with Crippen LogP contribution < -0.4 is 206 Å². The number of hydrogen-bond donors (Lipinski definition) is 0. The molecular formula is C14H8Cl2K4O12S4. The van der Waals surface area contributed by atoms with Gasteiger partial charge in [0.2, 0.25) is 0 Å². The summed E-state index contributed by atoms with van der Waals surface area (Å²) < 4.78 is 143. The van der Waals surface area contributed by atoms with Gasteiger partial charge in [-0.1, -0.05) is 23.2 Å². The van der Waals surface area contributed by atoms with E-state index in [1.54, 1.807) is 0 Å². The topological polar surface area (TPSA) is 229 Å². The van der Waals surface area contributed by atoms with Gasteiger partial charge in [0.25, 0.3) is 0 Å². The first-order valence-electron chi connectivity index (χ1n) is 7.60. The van der Waals surface area contributed by atoms with E-state index in [-0.39, 0.29) is 206 Å². The first-order valence-corrected chi connectivity index (χ1v) is 14.0. The summed E-state index contributed by atoms with van der Waals surface area (Å²) in [5, 5.41) is -1.53. The minimum atomic E-state index is -5.83. The molecule has 2 rings (SSSR count). The molecule has 0 saturated heterocycles. The van der Waals surface area contributed by atoms with Crippen LogP contribution in [0, 0.1) is 13.8 Å². The monoisotopic (exact) mass is 722 g/mol. The molecule has 0 spiro atoms. The summed E-state index contributed by atoms with van der Waals surface area (Å²) in [5.41, 5.74) is -4.67. The van der Waals surface area contributed by atoms with E-state index in [0.717, 1.165) is 13.8 Å². The second-order valence-corrected chi connectivity index (χ2v) is 12.3. The SMILES string of the molecule is Cc1c(Cl)cc(S(=O)(=O)[O-])c(-c2c(S(=O)(=O)[O-])cc(Cl)c(C)c2S(=O)(=O)[O-])c1S(=O)(=O)[O-].[K+].[K+].[K+].[K+]. The van der Waals surface area contributed by atoms with E-state index in [4.69, 9.17) is 23.2 Å². The minimum Gasteiger partial charge on any atom is -0.744 e. The Bertz CT molecular complexity index is 1490. The van der Waals surface area contributed by atoms with E-state index < -0.39 is 92.4 Å². The minimum absolute atomic E-state index is 0. The fraction of sp³-hybridized carbons (Fsp3) is 0.143. The van der Waals surface area contributed by atoms with Crippen LogP contribution >= 0.6 is 23.2 Å². The molecule has 22 heteroatoms. The third-order valence-corrected chi connectivity index (χ3v) is 8.68. The summed E-state index contributed by atoms with van der Waals surface area (Å²) in [7, 11) is -23.3. The number of rotatable bonds is 5. The van der Waals surface area contributed by atoms with Crippen molar-refractivity contribution in [1.29, 1.82) is 0 Å². The van der Waals surface area contributed by atoms with Gasteiger partial charge in [0.05, 0.1) is 19.6 Å². The third kappa shape index (κ3) is 10.7. The predicted molar refractivity (Wildman–Crippen MR) is 103 cm³/mol. The Morgan fingerprint density at radius 2 is 0.750 bits per heavy atom. The van der Waals surface area contributed by atoms with Crippen molar-refractivity contribution < 1.29 is 257 Å². The molecule has 0 fully saturated rings. The summed E-state index contributed by atoms with van der Waals surface area (Å²) >= 11 is 11.4. The Morgan fingerprint density at radius 3 is 0.917 bits per heavy atom. The molecule has 0 radical (unpaired) electrons. The fourth-order valence-corrected chi connectivity index (χ4v) is 7.00. The maximum absolute atomic E-state index is 12.0. The number of halogens is 2. The van der Waals surface area contributed by atoms with Crippen molar-refractivity contribution in [3.8, 4) is 11.1 Å². The Labute approximate surface area is 388 Å². The van der Waals surface area contributed by atoms with E-state index >= 15 is 0 Å². The van der Waals surface area contributed by atoms with Gasteiger partial charge in [0.1, 0.15) is 40.5 Å². The smallest absolute Gasteiger partial charge is 0.744 e. The molecule has 0 unspecified atom stereocenters. The van der Waals surface area contributed by atoms with Crippen LogP contribution in [-0.4, -0.2) is 51.9 Å². The number of hydrogen-bond acceptors (Lipinski definition) is 12. The van der Waals surface area contributed by atoms with Gasteiger partial charge in [-0.3, -0.25) is 0 Å². The zero-order valence-electron chi connectivity index (χ0n) is 19.4. The summed E-state index contributed by atoms with van der Waals surface area (Å²) in [5.74, 6) is 0. The second kappa shape index (κ2) is 16.5. The van der Waals surface area contributed by atoms with Crippen molar-refractivity contribution >= 4 is 63.7 Å². The van der Waals surface area contributed by atoms with Crippen LogP contribution in [0.3, 0.4) is 0 Å². The molecule has 0 amide bonds. The van der Waals surface area contributed by atoms with Crippen LogP contribution in [0.25, 0.3) is 11.1 Å². The molecule has 0 atom stereocenters. The molecule has 0 aliphatic heterocycles. The molecule has 36 heavy (non-hydrogen) atoms. The third-order valence-electron chi connectivity index (χ3n) is 4.15. The van der Waals surface area contributed by atoms with Gasteiger partial charge >= 0.3 is 206 Å². The maximum atomic E-state index is 12.0. The Balaban J connectivity index is -0.00000272. The van der Waals surface area contributed by atoms with Crippen molar-refractivity contribution in [2.75, 3.05) is 0 Å². The first-order chi connectivity index (χ1) is 14.1. The van der Waals surface area contributed by atoms with E-state index in [9.17, 15) is 51.9 Å². The zero-order chi connectivity index (χ0) is 25.2. The average molecular weight is 724 g/mol. The van der Waals surface area contributed by atoms with Crippen LogP contribution in [0.1, 0.15) is 11.1 Å². The Morgan fingerprint density at radius 1 is 0.528 bits per heavy atom. The fourth-order valence-electron chi connectivity index (χ4n) is 2.90. The molecule has 0 aliphatic rings. The van der Waals surface area contributed by atoms with E-state index in [2.05, 4.69) is 0 Å². The Kier molecular flexibility index (Phi) is 20.9. The molecule has 0 N–H and O–H groups in total. The van der Waals surface area contributed by atoms with Crippen molar-refractivity contribution in [2.45, 2.75) is 33.4 Å². The van der Waals surface area contributed by atoms with Gasteiger partial charge in [-0.05, 0) is 37.1 Å². The van der Waals surface area contributed by atoms with Crippen LogP contribution in [0.2, 0.25) is 10.0 Å². The molecule has 12 nitrogen and oxygen atoms in total. The van der Waals surface area contributed by atoms with Gasteiger partial charge in [0.15, 0.2) is 0 Å². The van der Waals surface area contributed by atoms with Gasteiger partial charge in [0, 0.05) is 21.2 Å². The molecule has 0 heterocycles. The molecular weight excluding hydrogens is 716 g/mol. The molecule has 0 aromatic heterocycles. The van der Waals surface area contributed by atoms with Crippen molar-refractivity contribution in [3.05, 3.63) is 33.3 Å². The predicted octanol–water partition coefficient (Wildman–Crippen LogP) is -11.1. The van der Waals surface area contributed by atoms with Crippen molar-refractivity contribution in [3.63, 3.8) is 0 Å². The van der Waals surface area contributed by atoms with Gasteiger partial charge < -0.3 is 18.2 Å². The first kappa shape index (κ1) is 45.6. The van der Waals surface area contributed by atoms with E-state index in [1.807, 2.05) is 0 Å². The molecule has 2 aromatic rings. The molecule has 2 aromatic carbocycles. The average Bonchev–Trinajstić information content (AvgIpc) is 2.54. The molecule has 0 saturated carbocycles. The summed E-state index contributed by atoms with van der Waals surface area (Å²) in [6.07, 6.45) is 0.